The molecule has 5 rings (SSSR count). The monoisotopic (exact) mass is 448 g/mol. The Labute approximate surface area is 192 Å². The number of fused-ring (bicyclic) bond motifs is 2. The first-order valence-corrected chi connectivity index (χ1v) is 12.3. The molecule has 2 aliphatic rings. The third-order valence-electron chi connectivity index (χ3n) is 6.40. The van der Waals surface area contributed by atoms with Crippen molar-refractivity contribution in [3.8, 4) is 0 Å². The molecule has 0 bridgehead atoms. The van der Waals surface area contributed by atoms with E-state index in [9.17, 15) is 9.59 Å². The van der Waals surface area contributed by atoms with E-state index >= 15 is 0 Å². The zero-order valence-electron chi connectivity index (χ0n) is 18.1. The molecule has 0 saturated carbocycles. The minimum absolute atomic E-state index is 0.0897. The van der Waals surface area contributed by atoms with E-state index in [1.807, 2.05) is 30.3 Å². The summed E-state index contributed by atoms with van der Waals surface area (Å²) in [5.41, 5.74) is 2.77. The number of amides is 2. The van der Waals surface area contributed by atoms with Crippen molar-refractivity contribution < 1.29 is 14.3 Å². The summed E-state index contributed by atoms with van der Waals surface area (Å²) in [5, 5.41) is 9.03. The lowest BCUT2D eigenvalue weighted by atomic mass is 9.95. The minimum atomic E-state index is -0.0969. The van der Waals surface area contributed by atoms with Crippen LogP contribution in [0.4, 0.5) is 5.00 Å². The summed E-state index contributed by atoms with van der Waals surface area (Å²) in [6, 6.07) is 14.1. The van der Waals surface area contributed by atoms with Crippen LogP contribution in [0.5, 0.6) is 0 Å². The van der Waals surface area contributed by atoms with E-state index in [4.69, 9.17) is 4.74 Å². The SMILES string of the molecule is O=C(Cc1cccc2ccccc12)Nc1sc2c(c1C(=O)NC[C@H]1CCCO1)CCCC2. The van der Waals surface area contributed by atoms with Crippen LogP contribution in [0.1, 0.15) is 52.0 Å². The zero-order valence-corrected chi connectivity index (χ0v) is 18.9. The van der Waals surface area contributed by atoms with Crippen molar-refractivity contribution in [1.82, 2.24) is 5.32 Å². The van der Waals surface area contributed by atoms with Crippen LogP contribution in [-0.4, -0.2) is 31.1 Å². The highest BCUT2D eigenvalue weighted by molar-refractivity contribution is 7.17. The molecular formula is C26H28N2O3S. The van der Waals surface area contributed by atoms with Crippen LogP contribution in [0, 0.1) is 0 Å². The Bertz CT molecular complexity index is 1140. The van der Waals surface area contributed by atoms with Crippen molar-refractivity contribution >= 4 is 38.9 Å². The topological polar surface area (TPSA) is 67.4 Å². The second-order valence-corrected chi connectivity index (χ2v) is 9.73. The smallest absolute Gasteiger partial charge is 0.254 e. The van der Waals surface area contributed by atoms with Crippen LogP contribution < -0.4 is 10.6 Å². The van der Waals surface area contributed by atoms with Gasteiger partial charge in [0.15, 0.2) is 0 Å². The molecule has 32 heavy (non-hydrogen) atoms. The Kier molecular flexibility index (Phi) is 6.23. The van der Waals surface area contributed by atoms with E-state index in [1.54, 1.807) is 11.3 Å². The maximum absolute atomic E-state index is 13.2. The van der Waals surface area contributed by atoms with Crippen molar-refractivity contribution in [2.75, 3.05) is 18.5 Å². The summed E-state index contributed by atoms with van der Waals surface area (Å²) in [5.74, 6) is -0.187. The number of ether oxygens (including phenoxy) is 1. The van der Waals surface area contributed by atoms with Crippen molar-refractivity contribution in [2.24, 2.45) is 0 Å². The summed E-state index contributed by atoms with van der Waals surface area (Å²) in [7, 11) is 0. The molecule has 0 radical (unpaired) electrons. The molecule has 6 heteroatoms. The Morgan fingerprint density at radius 3 is 2.75 bits per heavy atom. The number of rotatable bonds is 6. The van der Waals surface area contributed by atoms with Crippen LogP contribution in [-0.2, 0) is 28.8 Å². The van der Waals surface area contributed by atoms with Crippen LogP contribution in [0.3, 0.4) is 0 Å². The van der Waals surface area contributed by atoms with Crippen molar-refractivity contribution in [2.45, 2.75) is 51.0 Å². The van der Waals surface area contributed by atoms with Gasteiger partial charge in [-0.3, -0.25) is 9.59 Å². The average Bonchev–Trinajstić information content (AvgIpc) is 3.45. The highest BCUT2D eigenvalue weighted by Crippen LogP contribution is 2.38. The standard InChI is InChI=1S/C26H28N2O3S/c29-23(15-18-9-5-8-17-7-1-2-11-20(17)18)28-26-24(21-12-3-4-13-22(21)32-26)25(30)27-16-19-10-6-14-31-19/h1-2,5,7-9,11,19H,3-4,6,10,12-16H2,(H,27,30)(H,28,29)/t19-/m1/s1. The molecule has 0 spiro atoms. The Balaban J connectivity index is 1.36. The van der Waals surface area contributed by atoms with Crippen LogP contribution in [0.2, 0.25) is 0 Å². The van der Waals surface area contributed by atoms with Crippen LogP contribution in [0.25, 0.3) is 10.8 Å². The van der Waals surface area contributed by atoms with Crippen molar-refractivity contribution in [3.63, 3.8) is 0 Å². The number of benzene rings is 2. The van der Waals surface area contributed by atoms with Gasteiger partial charge in [0, 0.05) is 18.0 Å². The number of thiophene rings is 1. The van der Waals surface area contributed by atoms with E-state index in [0.29, 0.717) is 17.1 Å². The highest BCUT2D eigenvalue weighted by Gasteiger charge is 2.27. The molecule has 1 atom stereocenters. The normalized spacial score (nSPS) is 17.8. The number of carbonyl (C=O) groups excluding carboxylic acids is 2. The van der Waals surface area contributed by atoms with Gasteiger partial charge in [-0.05, 0) is 60.4 Å². The summed E-state index contributed by atoms with van der Waals surface area (Å²) >= 11 is 1.57. The van der Waals surface area contributed by atoms with E-state index in [1.165, 1.54) is 4.88 Å². The highest BCUT2D eigenvalue weighted by atomic mass is 32.1. The van der Waals surface area contributed by atoms with Gasteiger partial charge < -0.3 is 15.4 Å². The maximum Gasteiger partial charge on any atom is 0.254 e. The summed E-state index contributed by atoms with van der Waals surface area (Å²) in [6.45, 7) is 1.29. The van der Waals surface area contributed by atoms with Gasteiger partial charge in [-0.25, -0.2) is 0 Å². The molecule has 3 aromatic rings. The molecule has 1 aliphatic carbocycles. The molecule has 2 heterocycles. The fourth-order valence-electron chi connectivity index (χ4n) is 4.78. The third kappa shape index (κ3) is 4.43. The fourth-order valence-corrected chi connectivity index (χ4v) is 6.09. The fraction of sp³-hybridized carbons (Fsp3) is 0.385. The van der Waals surface area contributed by atoms with Crippen LogP contribution in [0.15, 0.2) is 42.5 Å². The molecular weight excluding hydrogens is 420 g/mol. The molecule has 2 N–H and O–H groups in total. The number of carbonyl (C=O) groups is 2. The van der Waals surface area contributed by atoms with E-state index in [0.717, 1.165) is 67.0 Å². The molecule has 1 fully saturated rings. The first-order chi connectivity index (χ1) is 15.7. The van der Waals surface area contributed by atoms with Gasteiger partial charge in [0.05, 0.1) is 18.1 Å². The Morgan fingerprint density at radius 2 is 1.88 bits per heavy atom. The lowest BCUT2D eigenvalue weighted by Gasteiger charge is -2.15. The van der Waals surface area contributed by atoms with E-state index in [-0.39, 0.29) is 24.3 Å². The lowest BCUT2D eigenvalue weighted by molar-refractivity contribution is -0.115. The Morgan fingerprint density at radius 1 is 1.03 bits per heavy atom. The van der Waals surface area contributed by atoms with Gasteiger partial charge in [0.25, 0.3) is 5.91 Å². The van der Waals surface area contributed by atoms with Gasteiger partial charge in [-0.15, -0.1) is 11.3 Å². The number of hydrogen-bond acceptors (Lipinski definition) is 4. The second-order valence-electron chi connectivity index (χ2n) is 8.62. The first-order valence-electron chi connectivity index (χ1n) is 11.5. The van der Waals surface area contributed by atoms with Gasteiger partial charge in [0.1, 0.15) is 5.00 Å². The number of nitrogens with one attached hydrogen (secondary N) is 2. The first kappa shape index (κ1) is 21.2. The van der Waals surface area contributed by atoms with Gasteiger partial charge in [-0.2, -0.15) is 0 Å². The van der Waals surface area contributed by atoms with Gasteiger partial charge in [0.2, 0.25) is 5.91 Å². The molecule has 2 amide bonds. The van der Waals surface area contributed by atoms with Crippen molar-refractivity contribution in [3.05, 3.63) is 64.0 Å². The van der Waals surface area contributed by atoms with Crippen molar-refractivity contribution in [1.29, 1.82) is 0 Å². The summed E-state index contributed by atoms with van der Waals surface area (Å²) in [4.78, 5) is 27.4. The zero-order chi connectivity index (χ0) is 21.9. The molecule has 0 unspecified atom stereocenters. The molecule has 1 aliphatic heterocycles. The quantitative estimate of drug-likeness (QED) is 0.565. The number of hydrogen-bond donors (Lipinski definition) is 2. The lowest BCUT2D eigenvalue weighted by Crippen LogP contribution is -2.32. The van der Waals surface area contributed by atoms with Gasteiger partial charge in [-0.1, -0.05) is 42.5 Å². The average molecular weight is 449 g/mol. The predicted molar refractivity (Wildman–Crippen MR) is 129 cm³/mol. The summed E-state index contributed by atoms with van der Waals surface area (Å²) < 4.78 is 5.65. The molecule has 1 aromatic heterocycles. The summed E-state index contributed by atoms with van der Waals surface area (Å²) in [6.07, 6.45) is 6.49. The van der Waals surface area contributed by atoms with Crippen LogP contribution >= 0.6 is 11.3 Å². The minimum Gasteiger partial charge on any atom is -0.376 e. The maximum atomic E-state index is 13.2. The largest absolute Gasteiger partial charge is 0.376 e. The second kappa shape index (κ2) is 9.43. The number of anilines is 1. The van der Waals surface area contributed by atoms with Gasteiger partial charge >= 0.3 is 0 Å². The molecule has 5 nitrogen and oxygen atoms in total. The van der Waals surface area contributed by atoms with E-state index < -0.39 is 0 Å². The third-order valence-corrected chi connectivity index (χ3v) is 7.60. The number of aryl methyl sites for hydroxylation is 1. The molecule has 1 saturated heterocycles. The molecule has 166 valence electrons. The predicted octanol–water partition coefficient (Wildman–Crippen LogP) is 4.87. The Hall–Kier alpha value is -2.70. The van der Waals surface area contributed by atoms with E-state index in [2.05, 4.69) is 22.8 Å². The molecule has 2 aromatic carbocycles.